The van der Waals surface area contributed by atoms with E-state index in [0.29, 0.717) is 29.5 Å². The molecule has 0 spiro atoms. The summed E-state index contributed by atoms with van der Waals surface area (Å²) in [5, 5.41) is 9.22. The number of carbonyl (C=O) groups excluding carboxylic acids is 2. The molecule has 7 heteroatoms. The molecule has 156 valence electrons. The van der Waals surface area contributed by atoms with Gasteiger partial charge >= 0.3 is 0 Å². The zero-order valence-electron chi connectivity index (χ0n) is 17.3. The Balaban J connectivity index is 1.95. The number of hydrogen-bond acceptors (Lipinski definition) is 5. The second-order valence-corrected chi connectivity index (χ2v) is 7.59. The lowest BCUT2D eigenvalue weighted by molar-refractivity contribution is -0.124. The maximum Gasteiger partial charge on any atom is 0.252 e. The van der Waals surface area contributed by atoms with Crippen LogP contribution in [0.4, 0.5) is 0 Å². The first-order valence-corrected chi connectivity index (χ1v) is 9.97. The zero-order chi connectivity index (χ0) is 20.5. The van der Waals surface area contributed by atoms with Gasteiger partial charge in [0.05, 0.1) is 14.2 Å². The standard InChI is InChI=1S/C21H33N3O4/c1-14(2)19(21(26)23-9-7-15-6-5-8-22-13-15)24-20(25)16-10-17(27-3)12-18(11-16)28-4/h10-12,14-15,19,22H,5-9,13H2,1-4H3,(H,23,26)(H,24,25). The van der Waals surface area contributed by atoms with Gasteiger partial charge in [-0.15, -0.1) is 0 Å². The Bertz CT molecular complexity index is 635. The van der Waals surface area contributed by atoms with Crippen molar-refractivity contribution in [2.45, 2.75) is 39.2 Å². The first kappa shape index (κ1) is 22.0. The number of ether oxygens (including phenoxy) is 2. The van der Waals surface area contributed by atoms with Gasteiger partial charge in [0, 0.05) is 18.2 Å². The van der Waals surface area contributed by atoms with E-state index in [2.05, 4.69) is 16.0 Å². The van der Waals surface area contributed by atoms with Crippen LogP contribution >= 0.6 is 0 Å². The molecular formula is C21H33N3O4. The van der Waals surface area contributed by atoms with Gasteiger partial charge in [0.15, 0.2) is 0 Å². The summed E-state index contributed by atoms with van der Waals surface area (Å²) >= 11 is 0. The van der Waals surface area contributed by atoms with E-state index in [0.717, 1.165) is 19.5 Å². The number of methoxy groups -OCH3 is 2. The quantitative estimate of drug-likeness (QED) is 0.599. The van der Waals surface area contributed by atoms with Crippen molar-refractivity contribution in [3.8, 4) is 11.5 Å². The van der Waals surface area contributed by atoms with Crippen LogP contribution in [0.2, 0.25) is 0 Å². The van der Waals surface area contributed by atoms with Crippen LogP contribution in [-0.2, 0) is 4.79 Å². The van der Waals surface area contributed by atoms with Crippen LogP contribution in [-0.4, -0.2) is 51.7 Å². The minimum absolute atomic E-state index is 0.0344. The highest BCUT2D eigenvalue weighted by Gasteiger charge is 2.25. The molecule has 0 radical (unpaired) electrons. The van der Waals surface area contributed by atoms with E-state index in [1.54, 1.807) is 18.2 Å². The second kappa shape index (κ2) is 10.9. The smallest absolute Gasteiger partial charge is 0.252 e. The van der Waals surface area contributed by atoms with Gasteiger partial charge in [-0.05, 0) is 56.3 Å². The maximum absolute atomic E-state index is 12.7. The van der Waals surface area contributed by atoms with Crippen molar-refractivity contribution in [3.63, 3.8) is 0 Å². The molecule has 1 heterocycles. The molecule has 0 aromatic heterocycles. The minimum Gasteiger partial charge on any atom is -0.497 e. The van der Waals surface area contributed by atoms with E-state index in [-0.39, 0.29) is 17.7 Å². The van der Waals surface area contributed by atoms with Crippen molar-refractivity contribution >= 4 is 11.8 Å². The molecule has 0 saturated carbocycles. The Labute approximate surface area is 167 Å². The van der Waals surface area contributed by atoms with Gasteiger partial charge in [-0.3, -0.25) is 9.59 Å². The summed E-state index contributed by atoms with van der Waals surface area (Å²) in [6.07, 6.45) is 3.34. The van der Waals surface area contributed by atoms with Crippen LogP contribution < -0.4 is 25.4 Å². The number of piperidine rings is 1. The van der Waals surface area contributed by atoms with E-state index in [1.165, 1.54) is 27.1 Å². The lowest BCUT2D eigenvalue weighted by Crippen LogP contribution is -2.50. The van der Waals surface area contributed by atoms with Gasteiger partial charge in [-0.1, -0.05) is 13.8 Å². The van der Waals surface area contributed by atoms with Crippen molar-refractivity contribution < 1.29 is 19.1 Å². The first-order valence-electron chi connectivity index (χ1n) is 9.97. The number of rotatable bonds is 9. The Hall–Kier alpha value is -2.28. The average Bonchev–Trinajstić information content (AvgIpc) is 2.71. The fourth-order valence-electron chi connectivity index (χ4n) is 3.38. The molecule has 2 unspecified atom stereocenters. The number of carbonyl (C=O) groups is 2. The van der Waals surface area contributed by atoms with E-state index in [1.807, 2.05) is 13.8 Å². The molecule has 1 aliphatic heterocycles. The molecule has 2 rings (SSSR count). The molecule has 3 N–H and O–H groups in total. The highest BCUT2D eigenvalue weighted by atomic mass is 16.5. The Morgan fingerprint density at radius 3 is 2.39 bits per heavy atom. The van der Waals surface area contributed by atoms with Crippen LogP contribution in [0.3, 0.4) is 0 Å². The van der Waals surface area contributed by atoms with Crippen LogP contribution in [0.1, 0.15) is 43.5 Å². The van der Waals surface area contributed by atoms with Gasteiger partial charge in [0.25, 0.3) is 5.91 Å². The molecule has 0 aliphatic carbocycles. The zero-order valence-corrected chi connectivity index (χ0v) is 17.3. The molecule has 1 saturated heterocycles. The summed E-state index contributed by atoms with van der Waals surface area (Å²) in [5.74, 6) is 1.13. The summed E-state index contributed by atoms with van der Waals surface area (Å²) in [6.45, 7) is 6.55. The summed E-state index contributed by atoms with van der Waals surface area (Å²) < 4.78 is 10.4. The minimum atomic E-state index is -0.603. The van der Waals surface area contributed by atoms with Crippen LogP contribution in [0.15, 0.2) is 18.2 Å². The predicted octanol–water partition coefficient (Wildman–Crippen LogP) is 1.96. The highest BCUT2D eigenvalue weighted by molar-refractivity contribution is 5.98. The van der Waals surface area contributed by atoms with Crippen LogP contribution in [0.5, 0.6) is 11.5 Å². The molecule has 28 heavy (non-hydrogen) atoms. The summed E-state index contributed by atoms with van der Waals surface area (Å²) in [5.41, 5.74) is 0.392. The molecule has 2 amide bonds. The largest absolute Gasteiger partial charge is 0.497 e. The molecular weight excluding hydrogens is 358 g/mol. The molecule has 1 aromatic rings. The van der Waals surface area contributed by atoms with Gasteiger partial charge in [-0.25, -0.2) is 0 Å². The van der Waals surface area contributed by atoms with Crippen molar-refractivity contribution in [1.29, 1.82) is 0 Å². The summed E-state index contributed by atoms with van der Waals surface area (Å²) in [7, 11) is 3.06. The third-order valence-corrected chi connectivity index (χ3v) is 5.10. The Morgan fingerprint density at radius 1 is 1.18 bits per heavy atom. The average molecular weight is 392 g/mol. The summed E-state index contributed by atoms with van der Waals surface area (Å²) in [6, 6.07) is 4.35. The number of amides is 2. The van der Waals surface area contributed by atoms with E-state index in [4.69, 9.17) is 9.47 Å². The number of hydrogen-bond donors (Lipinski definition) is 3. The van der Waals surface area contributed by atoms with Gasteiger partial charge in [0.1, 0.15) is 17.5 Å². The van der Waals surface area contributed by atoms with Crippen LogP contribution in [0, 0.1) is 11.8 Å². The normalized spacial score (nSPS) is 17.7. The number of benzene rings is 1. The van der Waals surface area contributed by atoms with E-state index < -0.39 is 6.04 Å². The topological polar surface area (TPSA) is 88.7 Å². The monoisotopic (exact) mass is 391 g/mol. The molecule has 1 aromatic carbocycles. The van der Waals surface area contributed by atoms with Crippen LogP contribution in [0.25, 0.3) is 0 Å². The van der Waals surface area contributed by atoms with Crippen molar-refractivity contribution in [2.75, 3.05) is 33.9 Å². The predicted molar refractivity (Wildman–Crippen MR) is 109 cm³/mol. The third kappa shape index (κ3) is 6.41. The second-order valence-electron chi connectivity index (χ2n) is 7.59. The lowest BCUT2D eigenvalue weighted by atomic mass is 9.96. The number of nitrogens with one attached hydrogen (secondary N) is 3. The van der Waals surface area contributed by atoms with Crippen molar-refractivity contribution in [3.05, 3.63) is 23.8 Å². The third-order valence-electron chi connectivity index (χ3n) is 5.10. The molecule has 7 nitrogen and oxygen atoms in total. The Morgan fingerprint density at radius 2 is 1.86 bits per heavy atom. The highest BCUT2D eigenvalue weighted by Crippen LogP contribution is 2.22. The first-order chi connectivity index (χ1) is 13.4. The molecule has 1 aliphatic rings. The molecule has 1 fully saturated rings. The van der Waals surface area contributed by atoms with Gasteiger partial charge in [-0.2, -0.15) is 0 Å². The summed E-state index contributed by atoms with van der Waals surface area (Å²) in [4.78, 5) is 25.4. The fraction of sp³-hybridized carbons (Fsp3) is 0.619. The fourth-order valence-corrected chi connectivity index (χ4v) is 3.38. The van der Waals surface area contributed by atoms with Gasteiger partial charge < -0.3 is 25.4 Å². The van der Waals surface area contributed by atoms with Crippen molar-refractivity contribution in [2.24, 2.45) is 11.8 Å². The SMILES string of the molecule is COc1cc(OC)cc(C(=O)NC(C(=O)NCCC2CCCNC2)C(C)C)c1. The van der Waals surface area contributed by atoms with E-state index >= 15 is 0 Å². The Kier molecular flexibility index (Phi) is 8.57. The lowest BCUT2D eigenvalue weighted by Gasteiger charge is -2.24. The molecule has 2 atom stereocenters. The van der Waals surface area contributed by atoms with Gasteiger partial charge in [0.2, 0.25) is 5.91 Å². The maximum atomic E-state index is 12.7. The van der Waals surface area contributed by atoms with Crippen molar-refractivity contribution in [1.82, 2.24) is 16.0 Å². The molecule has 0 bridgehead atoms. The van der Waals surface area contributed by atoms with E-state index in [9.17, 15) is 9.59 Å².